The summed E-state index contributed by atoms with van der Waals surface area (Å²) in [4.78, 5) is 0. The van der Waals surface area contributed by atoms with Gasteiger partial charge in [-0.25, -0.2) is 0 Å². The summed E-state index contributed by atoms with van der Waals surface area (Å²) in [6.45, 7) is 13.0. The van der Waals surface area contributed by atoms with E-state index in [4.69, 9.17) is 4.74 Å². The van der Waals surface area contributed by atoms with Gasteiger partial charge in [0, 0.05) is 18.6 Å². The van der Waals surface area contributed by atoms with Gasteiger partial charge >= 0.3 is 0 Å². The fraction of sp³-hybridized carbons (Fsp3) is 0.684. The summed E-state index contributed by atoms with van der Waals surface area (Å²) in [5.74, 6) is 0. The molecule has 1 heterocycles. The molecular formula is C19H31NO. The lowest BCUT2D eigenvalue weighted by Gasteiger charge is -2.28. The molecule has 1 aromatic rings. The smallest absolute Gasteiger partial charge is 0.0538 e. The summed E-state index contributed by atoms with van der Waals surface area (Å²) in [6.07, 6.45) is 3.48. The molecule has 0 saturated carbocycles. The van der Waals surface area contributed by atoms with Crippen LogP contribution in [0.25, 0.3) is 0 Å². The quantitative estimate of drug-likeness (QED) is 0.801. The van der Waals surface area contributed by atoms with E-state index in [9.17, 15) is 0 Å². The zero-order valence-electron chi connectivity index (χ0n) is 14.2. The molecule has 21 heavy (non-hydrogen) atoms. The van der Waals surface area contributed by atoms with Crippen LogP contribution in [0, 0.1) is 5.41 Å². The topological polar surface area (TPSA) is 21.3 Å². The van der Waals surface area contributed by atoms with Gasteiger partial charge in [-0.05, 0) is 42.3 Å². The largest absolute Gasteiger partial charge is 0.381 e. The Labute approximate surface area is 130 Å². The molecule has 0 amide bonds. The highest BCUT2D eigenvalue weighted by Gasteiger charge is 2.34. The van der Waals surface area contributed by atoms with Crippen LogP contribution < -0.4 is 5.32 Å². The standard InChI is InChI=1S/C19H31NO/c1-5-11-20-14-19(10-12-21-15-19)13-16-6-8-17(9-7-16)18(2,3)4/h6-9,20H,5,10-15H2,1-4H3. The highest BCUT2D eigenvalue weighted by Crippen LogP contribution is 2.33. The van der Waals surface area contributed by atoms with Crippen LogP contribution in [0.4, 0.5) is 0 Å². The van der Waals surface area contributed by atoms with Crippen LogP contribution in [0.5, 0.6) is 0 Å². The molecule has 118 valence electrons. The molecule has 0 aliphatic carbocycles. The van der Waals surface area contributed by atoms with Gasteiger partial charge in [0.2, 0.25) is 0 Å². The van der Waals surface area contributed by atoms with Crippen molar-refractivity contribution in [3.63, 3.8) is 0 Å². The van der Waals surface area contributed by atoms with Crippen LogP contribution in [0.1, 0.15) is 51.7 Å². The van der Waals surface area contributed by atoms with Crippen molar-refractivity contribution in [3.05, 3.63) is 35.4 Å². The molecular weight excluding hydrogens is 258 g/mol. The van der Waals surface area contributed by atoms with Crippen molar-refractivity contribution in [2.75, 3.05) is 26.3 Å². The van der Waals surface area contributed by atoms with Crippen LogP contribution >= 0.6 is 0 Å². The molecule has 2 heteroatoms. The molecule has 1 saturated heterocycles. The van der Waals surface area contributed by atoms with Crippen molar-refractivity contribution >= 4 is 0 Å². The lowest BCUT2D eigenvalue weighted by atomic mass is 9.79. The molecule has 0 radical (unpaired) electrons. The first-order chi connectivity index (χ1) is 9.95. The first-order valence-corrected chi connectivity index (χ1v) is 8.33. The number of hydrogen-bond acceptors (Lipinski definition) is 2. The molecule has 1 unspecified atom stereocenters. The number of rotatable bonds is 6. The van der Waals surface area contributed by atoms with Crippen LogP contribution in [0.3, 0.4) is 0 Å². The van der Waals surface area contributed by atoms with E-state index in [-0.39, 0.29) is 5.41 Å². The lowest BCUT2D eigenvalue weighted by Crippen LogP contribution is -2.37. The highest BCUT2D eigenvalue weighted by molar-refractivity contribution is 5.28. The Morgan fingerprint density at radius 3 is 2.43 bits per heavy atom. The summed E-state index contributed by atoms with van der Waals surface area (Å²) in [5.41, 5.74) is 3.37. The Kier molecular flexibility index (Phi) is 5.45. The molecule has 1 aliphatic heterocycles. The van der Waals surface area contributed by atoms with Gasteiger partial charge in [-0.1, -0.05) is 52.0 Å². The minimum atomic E-state index is 0.232. The summed E-state index contributed by atoms with van der Waals surface area (Å²) in [6, 6.07) is 9.19. The van der Waals surface area contributed by atoms with Crippen LogP contribution in [-0.2, 0) is 16.6 Å². The minimum Gasteiger partial charge on any atom is -0.381 e. The summed E-state index contributed by atoms with van der Waals surface area (Å²) >= 11 is 0. The number of ether oxygens (including phenoxy) is 1. The van der Waals surface area contributed by atoms with Gasteiger partial charge in [0.1, 0.15) is 0 Å². The molecule has 2 nitrogen and oxygen atoms in total. The van der Waals surface area contributed by atoms with Crippen LogP contribution in [0.2, 0.25) is 0 Å². The third-order valence-corrected chi connectivity index (χ3v) is 4.51. The molecule has 0 aromatic heterocycles. The predicted octanol–water partition coefficient (Wildman–Crippen LogP) is 3.93. The van der Waals surface area contributed by atoms with E-state index in [0.29, 0.717) is 5.41 Å². The zero-order valence-corrected chi connectivity index (χ0v) is 14.2. The molecule has 2 rings (SSSR count). The van der Waals surface area contributed by atoms with Crippen LogP contribution in [-0.4, -0.2) is 26.3 Å². The molecule has 0 bridgehead atoms. The van der Waals surface area contributed by atoms with Crippen molar-refractivity contribution in [1.29, 1.82) is 0 Å². The van der Waals surface area contributed by atoms with E-state index < -0.39 is 0 Å². The van der Waals surface area contributed by atoms with Crippen molar-refractivity contribution in [1.82, 2.24) is 5.32 Å². The second kappa shape index (κ2) is 6.93. The number of nitrogens with one attached hydrogen (secondary N) is 1. The SMILES string of the molecule is CCCNCC1(Cc2ccc(C(C)(C)C)cc2)CCOC1. The van der Waals surface area contributed by atoms with E-state index in [2.05, 4.69) is 57.3 Å². The van der Waals surface area contributed by atoms with E-state index in [1.54, 1.807) is 0 Å². The average Bonchev–Trinajstić information content (AvgIpc) is 2.87. The zero-order chi connectivity index (χ0) is 15.3. The maximum Gasteiger partial charge on any atom is 0.0538 e. The van der Waals surface area contributed by atoms with Gasteiger partial charge in [-0.2, -0.15) is 0 Å². The average molecular weight is 289 g/mol. The molecule has 1 aromatic carbocycles. The van der Waals surface area contributed by atoms with Crippen molar-refractivity contribution in [2.24, 2.45) is 5.41 Å². The maximum absolute atomic E-state index is 5.70. The Morgan fingerprint density at radius 2 is 1.90 bits per heavy atom. The first-order valence-electron chi connectivity index (χ1n) is 8.33. The van der Waals surface area contributed by atoms with E-state index in [1.807, 2.05) is 0 Å². The van der Waals surface area contributed by atoms with E-state index >= 15 is 0 Å². The normalized spacial score (nSPS) is 22.7. The van der Waals surface area contributed by atoms with Gasteiger partial charge in [0.05, 0.1) is 6.61 Å². The summed E-state index contributed by atoms with van der Waals surface area (Å²) < 4.78 is 5.70. The Hall–Kier alpha value is -0.860. The molecule has 0 spiro atoms. The van der Waals surface area contributed by atoms with Crippen molar-refractivity contribution in [3.8, 4) is 0 Å². The molecule has 1 aliphatic rings. The van der Waals surface area contributed by atoms with Gasteiger partial charge in [-0.3, -0.25) is 0 Å². The minimum absolute atomic E-state index is 0.232. The van der Waals surface area contributed by atoms with E-state index in [1.165, 1.54) is 24.0 Å². The fourth-order valence-corrected chi connectivity index (χ4v) is 3.08. The maximum atomic E-state index is 5.70. The number of hydrogen-bond donors (Lipinski definition) is 1. The van der Waals surface area contributed by atoms with Gasteiger partial charge in [0.15, 0.2) is 0 Å². The summed E-state index contributed by atoms with van der Waals surface area (Å²) in [7, 11) is 0. The monoisotopic (exact) mass is 289 g/mol. The van der Waals surface area contributed by atoms with Gasteiger partial charge < -0.3 is 10.1 Å². The lowest BCUT2D eigenvalue weighted by molar-refractivity contribution is 0.149. The third kappa shape index (κ3) is 4.55. The van der Waals surface area contributed by atoms with E-state index in [0.717, 1.165) is 32.7 Å². The second-order valence-corrected chi connectivity index (χ2v) is 7.60. The fourth-order valence-electron chi connectivity index (χ4n) is 3.08. The Balaban J connectivity index is 2.03. The van der Waals surface area contributed by atoms with Crippen molar-refractivity contribution < 1.29 is 4.74 Å². The molecule has 1 fully saturated rings. The summed E-state index contributed by atoms with van der Waals surface area (Å²) in [5, 5.41) is 3.59. The van der Waals surface area contributed by atoms with Gasteiger partial charge in [-0.15, -0.1) is 0 Å². The Bertz CT molecular complexity index is 424. The van der Waals surface area contributed by atoms with Gasteiger partial charge in [0.25, 0.3) is 0 Å². The Morgan fingerprint density at radius 1 is 1.19 bits per heavy atom. The van der Waals surface area contributed by atoms with Crippen molar-refractivity contribution in [2.45, 2.75) is 52.4 Å². The third-order valence-electron chi connectivity index (χ3n) is 4.51. The molecule has 1 atom stereocenters. The molecule has 1 N–H and O–H groups in total. The van der Waals surface area contributed by atoms with Crippen LogP contribution in [0.15, 0.2) is 24.3 Å². The predicted molar refractivity (Wildman–Crippen MR) is 89.9 cm³/mol. The number of benzene rings is 1. The highest BCUT2D eigenvalue weighted by atomic mass is 16.5. The first kappa shape index (κ1) is 16.5. The second-order valence-electron chi connectivity index (χ2n) is 7.60.